The zero-order valence-electron chi connectivity index (χ0n) is 34.1. The Hall–Kier alpha value is -6.35. The molecule has 1 saturated heterocycles. The van der Waals surface area contributed by atoms with E-state index in [1.807, 2.05) is 0 Å². The Kier molecular flexibility index (Phi) is 15.5. The molecule has 63 heavy (non-hydrogen) atoms. The minimum atomic E-state index is -1.51. The van der Waals surface area contributed by atoms with Crippen molar-refractivity contribution in [2.45, 2.75) is 97.3 Å². The molecule has 0 aromatic carbocycles. The molecule has 8 bridgehead atoms. The minimum absolute atomic E-state index is 0. The average Bonchev–Trinajstić information content (AvgIpc) is 3.77. The van der Waals surface area contributed by atoms with Crippen molar-refractivity contribution in [3.8, 4) is 0 Å². The second-order valence-corrected chi connectivity index (χ2v) is 16.3. The zero-order valence-corrected chi connectivity index (χ0v) is 35.2. The van der Waals surface area contributed by atoms with Gasteiger partial charge in [0.25, 0.3) is 0 Å². The van der Waals surface area contributed by atoms with Crippen LogP contribution in [0.4, 0.5) is 0 Å². The number of hydrogen-bond donors (Lipinski definition) is 8. The first-order valence-electron chi connectivity index (χ1n) is 19.7. The second-order valence-electron chi connectivity index (χ2n) is 16.3. The van der Waals surface area contributed by atoms with E-state index in [-0.39, 0.29) is 111 Å². The van der Waals surface area contributed by atoms with Gasteiger partial charge in [-0.1, -0.05) is 37.1 Å². The Labute approximate surface area is 369 Å². The number of fused-ring (bicyclic) bond motifs is 6. The third-order valence-corrected chi connectivity index (χ3v) is 12.0. The molecule has 1 radical (unpaired) electrons. The maximum atomic E-state index is 12.6. The van der Waals surface area contributed by atoms with Crippen LogP contribution in [0.25, 0.3) is 11.4 Å². The van der Waals surface area contributed by atoms with Gasteiger partial charge < -0.3 is 51.2 Å². The van der Waals surface area contributed by atoms with Crippen LogP contribution in [0.1, 0.15) is 101 Å². The van der Waals surface area contributed by atoms with Crippen LogP contribution in [0, 0.1) is 28.6 Å². The summed E-state index contributed by atoms with van der Waals surface area (Å²) in [6, 6.07) is 0. The average molecular weight is 922 g/mol. The fourth-order valence-corrected chi connectivity index (χ4v) is 9.15. The molecule has 0 amide bonds. The van der Waals surface area contributed by atoms with Crippen molar-refractivity contribution in [2.75, 3.05) is 0 Å². The number of carbonyl (C=O) groups is 8. The van der Waals surface area contributed by atoms with Crippen LogP contribution >= 0.6 is 0 Å². The molecule has 1 fully saturated rings. The largest absolute Gasteiger partial charge is 2.00 e. The molecule has 339 valence electrons. The SMILES string of the molecule is C[C@@]1(CC(=O)O)C2=NC(=CC3=NC(=C(CCC(=O)O)C3CC(=O)O)Cc3[n-]c(c(CC(=O)O)c3CCC(=O)O)/C=C3\[N-]C(=C2)[C@@H](CCC(=O)O)[C@]3(C)CC(=O)O)[C@H]1CCC(=O)O.[Co+2]. The van der Waals surface area contributed by atoms with E-state index >= 15 is 0 Å². The third-order valence-electron chi connectivity index (χ3n) is 12.0. The van der Waals surface area contributed by atoms with Gasteiger partial charge in [-0.15, -0.1) is 11.4 Å². The Morgan fingerprint density at radius 3 is 1.78 bits per heavy atom. The number of nitrogens with zero attached hydrogens (tertiary/aromatic N) is 4. The van der Waals surface area contributed by atoms with Crippen molar-refractivity contribution in [3.63, 3.8) is 0 Å². The molecule has 4 aliphatic heterocycles. The summed E-state index contributed by atoms with van der Waals surface area (Å²) >= 11 is 0. The maximum Gasteiger partial charge on any atom is 2.00 e. The summed E-state index contributed by atoms with van der Waals surface area (Å²) in [5, 5.41) is 84.5. The predicted octanol–water partition coefficient (Wildman–Crippen LogP) is 4.38. The van der Waals surface area contributed by atoms with Crippen LogP contribution in [-0.2, 0) is 74.4 Å². The van der Waals surface area contributed by atoms with E-state index in [2.05, 4.69) is 0 Å². The van der Waals surface area contributed by atoms with Gasteiger partial charge in [-0.3, -0.25) is 48.3 Å². The fraction of sp³-hybridized carbons (Fsp3) is 0.476. The molecule has 1 aromatic rings. The van der Waals surface area contributed by atoms with Gasteiger partial charge in [0, 0.05) is 60.0 Å². The van der Waals surface area contributed by atoms with Crippen molar-refractivity contribution in [2.24, 2.45) is 38.6 Å². The van der Waals surface area contributed by atoms with Crippen molar-refractivity contribution in [3.05, 3.63) is 68.3 Å². The number of allylic oxidation sites excluding steroid dienone is 7. The molecule has 21 heteroatoms. The van der Waals surface area contributed by atoms with Crippen molar-refractivity contribution in [1.29, 1.82) is 0 Å². The number of rotatable bonds is 20. The zero-order chi connectivity index (χ0) is 45.8. The van der Waals surface area contributed by atoms with Crippen LogP contribution in [0.15, 0.2) is 50.5 Å². The van der Waals surface area contributed by atoms with E-state index in [0.717, 1.165) is 0 Å². The van der Waals surface area contributed by atoms with Crippen molar-refractivity contribution >= 4 is 65.3 Å². The van der Waals surface area contributed by atoms with Gasteiger partial charge in [0.05, 0.1) is 31.4 Å². The number of carboxylic acid groups (broad SMARTS) is 8. The van der Waals surface area contributed by atoms with Gasteiger partial charge in [0.2, 0.25) is 0 Å². The molecule has 0 aliphatic carbocycles. The Bertz CT molecular complexity index is 2320. The molecule has 1 unspecified atom stereocenters. The summed E-state index contributed by atoms with van der Waals surface area (Å²) in [5.74, 6) is -13.1. The van der Waals surface area contributed by atoms with Crippen LogP contribution in [0.2, 0.25) is 0 Å². The molecule has 5 heterocycles. The Balaban J connectivity index is 0.00000871. The van der Waals surface area contributed by atoms with Gasteiger partial charge in [-0.25, -0.2) is 0 Å². The molecule has 8 N–H and O–H groups in total. The monoisotopic (exact) mass is 921 g/mol. The molecule has 5 rings (SSSR count). The van der Waals surface area contributed by atoms with Crippen LogP contribution < -0.4 is 4.98 Å². The molecule has 0 spiro atoms. The quantitative estimate of drug-likeness (QED) is 0.0899. The van der Waals surface area contributed by atoms with Gasteiger partial charge in [0.1, 0.15) is 0 Å². The van der Waals surface area contributed by atoms with Gasteiger partial charge in [-0.2, -0.15) is 11.4 Å². The maximum absolute atomic E-state index is 12.6. The molecule has 0 saturated carbocycles. The summed E-state index contributed by atoms with van der Waals surface area (Å²) < 4.78 is 0. The van der Waals surface area contributed by atoms with Gasteiger partial charge in [-0.05, 0) is 55.1 Å². The molecule has 1 aromatic heterocycles. The molecule has 20 nitrogen and oxygen atoms in total. The molecule has 4 aliphatic rings. The summed E-state index contributed by atoms with van der Waals surface area (Å²) in [6.45, 7) is 3.08. The van der Waals surface area contributed by atoms with E-state index in [1.54, 1.807) is 6.92 Å². The summed E-state index contributed by atoms with van der Waals surface area (Å²) in [6.07, 6.45) is -1.20. The second kappa shape index (κ2) is 19.8. The molecular weight excluding hydrogens is 875 g/mol. The summed E-state index contributed by atoms with van der Waals surface area (Å²) in [4.78, 5) is 112. The van der Waals surface area contributed by atoms with Gasteiger partial charge in [0.15, 0.2) is 0 Å². The smallest absolute Gasteiger partial charge is 0.664 e. The summed E-state index contributed by atoms with van der Waals surface area (Å²) in [7, 11) is 0. The number of aliphatic imine (C=N–C) groups is 2. The van der Waals surface area contributed by atoms with E-state index in [0.29, 0.717) is 0 Å². The first-order valence-corrected chi connectivity index (χ1v) is 19.7. The van der Waals surface area contributed by atoms with E-state index in [4.69, 9.17) is 20.3 Å². The van der Waals surface area contributed by atoms with E-state index in [1.165, 1.54) is 25.2 Å². The van der Waals surface area contributed by atoms with Crippen molar-refractivity contribution < 1.29 is 96.0 Å². The predicted molar refractivity (Wildman–Crippen MR) is 214 cm³/mol. The standard InChI is InChI=1S/C42H47N4O16.Co/c1-41(17-39(59)60)23(5-9-35(51)52)29-14-27-21(11-37(55)56)19(3-7-33(47)48)25(43-27)13-26-20(4-8-34(49)50)22(12-38(57)58)28(44-26)15-31-42(2,18-40(61)62)24(6-10-36(53)54)30(46-31)16-32(41)45-29;/h14-16,21,23-24H,3-13,17-18H2,1-2H3,(H9,43,45,46,47,48,49,50,51,52,53,54,55,56,57,58,59,60,61,62);/q-1;+2/p-1/b31-15-;/t21?,23-,24-,41+,42+;/m1./s1. The van der Waals surface area contributed by atoms with Crippen LogP contribution in [-0.4, -0.2) is 100 Å². The fourth-order valence-electron chi connectivity index (χ4n) is 9.15. The molecular formula is C42H46CoN4O16. The number of aliphatic carboxylic acids is 8. The van der Waals surface area contributed by atoms with E-state index < -0.39 is 128 Å². The third kappa shape index (κ3) is 11.2. The first kappa shape index (κ1) is 49.3. The van der Waals surface area contributed by atoms with Gasteiger partial charge >= 0.3 is 64.5 Å². The first-order chi connectivity index (χ1) is 29.0. The number of aromatic nitrogens is 1. The number of hydrogen-bond acceptors (Lipinski definition) is 10. The van der Waals surface area contributed by atoms with Crippen LogP contribution in [0.3, 0.4) is 0 Å². The number of carboxylic acids is 8. The molecule has 5 atom stereocenters. The van der Waals surface area contributed by atoms with E-state index in [9.17, 15) is 79.2 Å². The Morgan fingerprint density at radius 1 is 0.651 bits per heavy atom. The minimum Gasteiger partial charge on any atom is -0.664 e. The normalized spacial score (nSPS) is 24.4. The summed E-state index contributed by atoms with van der Waals surface area (Å²) in [5.41, 5.74) is -1.80. The van der Waals surface area contributed by atoms with Crippen LogP contribution in [0.5, 0.6) is 0 Å². The Morgan fingerprint density at radius 2 is 1.22 bits per heavy atom. The van der Waals surface area contributed by atoms with Crippen molar-refractivity contribution in [1.82, 2.24) is 4.98 Å². The topological polar surface area (TPSA) is 351 Å².